The fourth-order valence-corrected chi connectivity index (χ4v) is 2.85. The Morgan fingerprint density at radius 2 is 0.962 bits per heavy atom. The van der Waals surface area contributed by atoms with Gasteiger partial charge in [0.15, 0.2) is 0 Å². The lowest BCUT2D eigenvalue weighted by atomic mass is 10.1. The lowest BCUT2D eigenvalue weighted by molar-refractivity contribution is 0.596. The van der Waals surface area contributed by atoms with Gasteiger partial charge in [-0.25, -0.2) is 0 Å². The SMILES string of the molecule is CCCCCCCCCC=NNC(=S)N/N=C\CCCCCCCCC. The standard InChI is InChI=1S/C21H42N4S/c1-3-5-7-9-11-13-15-17-19-22-24-21(26)25-23-20-18-16-14-12-10-8-6-4-2/h19-20H,3-18H2,1-2H3,(H2,24,25,26)/b22-19-,23-20?. The van der Waals surface area contributed by atoms with Gasteiger partial charge in [0.1, 0.15) is 0 Å². The Balaban J connectivity index is 3.34. The van der Waals surface area contributed by atoms with E-state index in [4.69, 9.17) is 12.2 Å². The van der Waals surface area contributed by atoms with Crippen LogP contribution in [0.15, 0.2) is 10.2 Å². The molecule has 0 aromatic carbocycles. The number of hydrogen-bond donors (Lipinski definition) is 2. The lowest BCUT2D eigenvalue weighted by Gasteiger charge is -2.01. The molecule has 0 heterocycles. The molecule has 0 aliphatic carbocycles. The lowest BCUT2D eigenvalue weighted by Crippen LogP contribution is -2.28. The highest BCUT2D eigenvalue weighted by Gasteiger charge is 1.92. The average molecular weight is 383 g/mol. The molecule has 0 aromatic rings. The maximum absolute atomic E-state index is 5.12. The minimum Gasteiger partial charge on any atom is -0.253 e. The summed E-state index contributed by atoms with van der Waals surface area (Å²) >= 11 is 5.12. The van der Waals surface area contributed by atoms with E-state index in [0.717, 1.165) is 12.8 Å². The van der Waals surface area contributed by atoms with Gasteiger partial charge in [0.05, 0.1) is 0 Å². The molecule has 0 aliphatic heterocycles. The molecule has 0 saturated carbocycles. The van der Waals surface area contributed by atoms with Crippen LogP contribution in [0.3, 0.4) is 0 Å². The fourth-order valence-electron chi connectivity index (χ4n) is 2.75. The topological polar surface area (TPSA) is 48.8 Å². The van der Waals surface area contributed by atoms with Crippen molar-refractivity contribution in [2.45, 2.75) is 117 Å². The Bertz CT molecular complexity index is 324. The Morgan fingerprint density at radius 3 is 1.35 bits per heavy atom. The van der Waals surface area contributed by atoms with E-state index < -0.39 is 0 Å². The minimum absolute atomic E-state index is 0.455. The molecule has 4 nitrogen and oxygen atoms in total. The third kappa shape index (κ3) is 21.1. The molecule has 2 N–H and O–H groups in total. The van der Waals surface area contributed by atoms with Crippen LogP contribution < -0.4 is 10.9 Å². The molecule has 0 aliphatic rings. The van der Waals surface area contributed by atoms with Gasteiger partial charge >= 0.3 is 0 Å². The van der Waals surface area contributed by atoms with Crippen LogP contribution in [0, 0.1) is 0 Å². The number of hydrogen-bond acceptors (Lipinski definition) is 3. The van der Waals surface area contributed by atoms with Crippen LogP contribution in [-0.2, 0) is 0 Å². The van der Waals surface area contributed by atoms with Crippen molar-refractivity contribution in [3.63, 3.8) is 0 Å². The zero-order valence-electron chi connectivity index (χ0n) is 17.3. The first-order valence-electron chi connectivity index (χ1n) is 10.9. The maximum atomic E-state index is 5.12. The van der Waals surface area contributed by atoms with E-state index in [-0.39, 0.29) is 0 Å². The van der Waals surface area contributed by atoms with Gasteiger partial charge in [0.25, 0.3) is 0 Å². The number of thiocarbonyl (C=S) groups is 1. The first-order valence-corrected chi connectivity index (χ1v) is 11.3. The molecule has 152 valence electrons. The zero-order valence-corrected chi connectivity index (χ0v) is 18.1. The molecule has 0 aromatic heterocycles. The van der Waals surface area contributed by atoms with Crippen molar-refractivity contribution in [1.29, 1.82) is 0 Å². The van der Waals surface area contributed by atoms with Crippen LogP contribution in [0.1, 0.15) is 117 Å². The Labute approximate surface area is 167 Å². The van der Waals surface area contributed by atoms with Crippen molar-refractivity contribution < 1.29 is 0 Å². The number of hydrazone groups is 2. The summed E-state index contributed by atoms with van der Waals surface area (Å²) in [4.78, 5) is 0. The van der Waals surface area contributed by atoms with E-state index in [9.17, 15) is 0 Å². The van der Waals surface area contributed by atoms with Crippen LogP contribution in [-0.4, -0.2) is 17.5 Å². The summed E-state index contributed by atoms with van der Waals surface area (Å²) in [6.07, 6.45) is 24.4. The number of unbranched alkanes of at least 4 members (excludes halogenated alkanes) is 14. The van der Waals surface area contributed by atoms with E-state index in [1.54, 1.807) is 0 Å². The third-order valence-electron chi connectivity index (χ3n) is 4.39. The molecule has 0 spiro atoms. The monoisotopic (exact) mass is 382 g/mol. The normalized spacial score (nSPS) is 11.5. The quantitative estimate of drug-likeness (QED) is 0.120. The van der Waals surface area contributed by atoms with Gasteiger partial charge in [-0.1, -0.05) is 90.9 Å². The third-order valence-corrected chi connectivity index (χ3v) is 4.57. The summed E-state index contributed by atoms with van der Waals surface area (Å²) in [6.45, 7) is 4.51. The summed E-state index contributed by atoms with van der Waals surface area (Å²) in [7, 11) is 0. The Hall–Kier alpha value is -0.970. The van der Waals surface area contributed by atoms with Crippen molar-refractivity contribution in [3.05, 3.63) is 0 Å². The fraction of sp³-hybridized carbons (Fsp3) is 0.857. The van der Waals surface area contributed by atoms with E-state index >= 15 is 0 Å². The largest absolute Gasteiger partial charge is 0.253 e. The van der Waals surface area contributed by atoms with Crippen LogP contribution in [0.4, 0.5) is 0 Å². The van der Waals surface area contributed by atoms with Gasteiger partial charge in [0, 0.05) is 12.4 Å². The summed E-state index contributed by atoms with van der Waals surface area (Å²) in [5, 5.41) is 8.71. The van der Waals surface area contributed by atoms with E-state index in [0.29, 0.717) is 5.11 Å². The molecular formula is C21H42N4S. The van der Waals surface area contributed by atoms with Crippen LogP contribution in [0.25, 0.3) is 0 Å². The minimum atomic E-state index is 0.455. The van der Waals surface area contributed by atoms with Gasteiger partial charge in [-0.3, -0.25) is 10.9 Å². The molecule has 0 bridgehead atoms. The first kappa shape index (κ1) is 25.0. The highest BCUT2D eigenvalue weighted by molar-refractivity contribution is 7.80. The molecule has 0 amide bonds. The molecule has 26 heavy (non-hydrogen) atoms. The summed E-state index contributed by atoms with van der Waals surface area (Å²) in [5.41, 5.74) is 5.62. The van der Waals surface area contributed by atoms with E-state index in [1.165, 1.54) is 89.9 Å². The molecule has 0 rings (SSSR count). The van der Waals surface area contributed by atoms with E-state index in [1.807, 2.05) is 12.4 Å². The van der Waals surface area contributed by atoms with Crippen molar-refractivity contribution >= 4 is 29.8 Å². The predicted molar refractivity (Wildman–Crippen MR) is 121 cm³/mol. The van der Waals surface area contributed by atoms with E-state index in [2.05, 4.69) is 34.9 Å². The highest BCUT2D eigenvalue weighted by Crippen LogP contribution is 2.08. The second-order valence-corrected chi connectivity index (χ2v) is 7.40. The van der Waals surface area contributed by atoms with Crippen LogP contribution in [0.2, 0.25) is 0 Å². The van der Waals surface area contributed by atoms with Crippen molar-refractivity contribution in [2.24, 2.45) is 10.2 Å². The van der Waals surface area contributed by atoms with Gasteiger partial charge in [0.2, 0.25) is 5.11 Å². The molecular weight excluding hydrogens is 340 g/mol. The zero-order chi connectivity index (χ0) is 19.1. The summed E-state index contributed by atoms with van der Waals surface area (Å²) < 4.78 is 0. The van der Waals surface area contributed by atoms with Crippen LogP contribution in [0.5, 0.6) is 0 Å². The summed E-state index contributed by atoms with van der Waals surface area (Å²) in [6, 6.07) is 0. The summed E-state index contributed by atoms with van der Waals surface area (Å²) in [5.74, 6) is 0. The second kappa shape index (κ2) is 22.1. The Kier molecular flexibility index (Phi) is 21.2. The smallest absolute Gasteiger partial charge is 0.207 e. The molecule has 0 fully saturated rings. The van der Waals surface area contributed by atoms with Gasteiger partial charge in [-0.2, -0.15) is 10.2 Å². The van der Waals surface area contributed by atoms with Crippen molar-refractivity contribution in [2.75, 3.05) is 0 Å². The molecule has 5 heteroatoms. The van der Waals surface area contributed by atoms with Crippen molar-refractivity contribution in [1.82, 2.24) is 10.9 Å². The predicted octanol–water partition coefficient (Wildman–Crippen LogP) is 6.70. The molecule has 0 saturated heterocycles. The highest BCUT2D eigenvalue weighted by atomic mass is 32.1. The average Bonchev–Trinajstić information content (AvgIpc) is 2.64. The maximum Gasteiger partial charge on any atom is 0.207 e. The van der Waals surface area contributed by atoms with Crippen LogP contribution >= 0.6 is 12.2 Å². The number of nitrogens with zero attached hydrogens (tertiary/aromatic N) is 2. The first-order chi connectivity index (χ1) is 12.8. The Morgan fingerprint density at radius 1 is 0.615 bits per heavy atom. The molecule has 0 unspecified atom stereocenters. The number of rotatable bonds is 18. The number of nitrogens with one attached hydrogen (secondary N) is 2. The van der Waals surface area contributed by atoms with Gasteiger partial charge in [-0.15, -0.1) is 0 Å². The van der Waals surface area contributed by atoms with Crippen molar-refractivity contribution in [3.8, 4) is 0 Å². The van der Waals surface area contributed by atoms with Gasteiger partial charge < -0.3 is 0 Å². The van der Waals surface area contributed by atoms with Gasteiger partial charge in [-0.05, 0) is 37.9 Å². The second-order valence-electron chi connectivity index (χ2n) is 7.00. The molecule has 0 atom stereocenters. The molecule has 0 radical (unpaired) electrons.